The Labute approximate surface area is 143 Å². The van der Waals surface area contributed by atoms with Crippen molar-refractivity contribution in [1.82, 2.24) is 0 Å². The van der Waals surface area contributed by atoms with Crippen molar-refractivity contribution in [2.45, 2.75) is 57.7 Å². The molecular formula is C15H22BrClO3S. The summed E-state index contributed by atoms with van der Waals surface area (Å²) in [5, 5.41) is 10.9. The molecule has 0 spiro atoms. The first kappa shape index (κ1) is 18.9. The van der Waals surface area contributed by atoms with Crippen LogP contribution in [0.15, 0.2) is 15.9 Å². The first-order valence-corrected chi connectivity index (χ1v) is 9.07. The summed E-state index contributed by atoms with van der Waals surface area (Å²) >= 11 is 10.5. The van der Waals surface area contributed by atoms with Gasteiger partial charge in [0.25, 0.3) is 0 Å². The molecule has 0 bridgehead atoms. The standard InChI is InChI=1S/C15H22BrClO3S/c1-14(2,3)20-13(18)10-15(19,8-4-5-9-17)11-6-7-12(16)21-11/h6-7,19H,4-5,8-10H2,1-3H3. The van der Waals surface area contributed by atoms with Gasteiger partial charge in [-0.3, -0.25) is 4.79 Å². The molecule has 0 saturated carbocycles. The van der Waals surface area contributed by atoms with Crippen LogP contribution in [0.25, 0.3) is 0 Å². The second-order valence-electron chi connectivity index (χ2n) is 6.04. The average molecular weight is 398 g/mol. The second-order valence-corrected chi connectivity index (χ2v) is 8.89. The van der Waals surface area contributed by atoms with Crippen molar-refractivity contribution < 1.29 is 14.6 Å². The van der Waals surface area contributed by atoms with E-state index in [0.29, 0.717) is 12.3 Å². The molecule has 1 rings (SSSR count). The maximum absolute atomic E-state index is 12.1. The predicted molar refractivity (Wildman–Crippen MR) is 90.9 cm³/mol. The predicted octanol–water partition coefficient (Wildman–Crippen LogP) is 4.84. The van der Waals surface area contributed by atoms with Crippen LogP contribution in [0.5, 0.6) is 0 Å². The van der Waals surface area contributed by atoms with Crippen molar-refractivity contribution in [3.8, 4) is 0 Å². The van der Waals surface area contributed by atoms with Crippen molar-refractivity contribution in [1.29, 1.82) is 0 Å². The fourth-order valence-corrected chi connectivity index (χ4v) is 3.68. The third-order valence-electron chi connectivity index (χ3n) is 2.86. The van der Waals surface area contributed by atoms with E-state index < -0.39 is 11.2 Å². The number of alkyl halides is 1. The number of carbonyl (C=O) groups is 1. The van der Waals surface area contributed by atoms with Gasteiger partial charge in [-0.05, 0) is 68.1 Å². The van der Waals surface area contributed by atoms with E-state index in [-0.39, 0.29) is 12.4 Å². The lowest BCUT2D eigenvalue weighted by Crippen LogP contribution is -2.32. The highest BCUT2D eigenvalue weighted by atomic mass is 79.9. The summed E-state index contributed by atoms with van der Waals surface area (Å²) in [5.74, 6) is 0.164. The summed E-state index contributed by atoms with van der Waals surface area (Å²) in [6.07, 6.45) is 2.02. The molecule has 0 aromatic carbocycles. The Hall–Kier alpha value is -0.100. The molecule has 6 heteroatoms. The van der Waals surface area contributed by atoms with E-state index in [1.165, 1.54) is 11.3 Å². The van der Waals surface area contributed by atoms with Gasteiger partial charge in [-0.25, -0.2) is 0 Å². The highest BCUT2D eigenvalue weighted by Gasteiger charge is 2.35. The van der Waals surface area contributed by atoms with Crippen LogP contribution < -0.4 is 0 Å². The van der Waals surface area contributed by atoms with Crippen molar-refractivity contribution in [3.05, 3.63) is 20.8 Å². The number of unbranched alkanes of at least 4 members (excludes halogenated alkanes) is 1. The van der Waals surface area contributed by atoms with Crippen LogP contribution >= 0.6 is 38.9 Å². The average Bonchev–Trinajstić information content (AvgIpc) is 2.74. The third kappa shape index (κ3) is 6.68. The summed E-state index contributed by atoms with van der Waals surface area (Å²) in [6.45, 7) is 5.46. The lowest BCUT2D eigenvalue weighted by molar-refractivity contribution is -0.161. The van der Waals surface area contributed by atoms with Gasteiger partial charge in [0.1, 0.15) is 11.2 Å². The molecule has 1 aromatic rings. The number of aliphatic hydroxyl groups is 1. The molecular weight excluding hydrogens is 376 g/mol. The molecule has 1 heterocycles. The Morgan fingerprint density at radius 2 is 2.05 bits per heavy atom. The summed E-state index contributed by atoms with van der Waals surface area (Å²) in [4.78, 5) is 12.8. The molecule has 0 amide bonds. The molecule has 0 radical (unpaired) electrons. The molecule has 3 nitrogen and oxygen atoms in total. The SMILES string of the molecule is CC(C)(C)OC(=O)CC(O)(CCCCCl)c1ccc(Br)s1. The van der Waals surface area contributed by atoms with Gasteiger partial charge in [-0.2, -0.15) is 0 Å². The van der Waals surface area contributed by atoms with Crippen LogP contribution in [-0.2, 0) is 15.1 Å². The molecule has 1 unspecified atom stereocenters. The number of esters is 1. The van der Waals surface area contributed by atoms with E-state index in [9.17, 15) is 9.90 Å². The van der Waals surface area contributed by atoms with Crippen molar-refractivity contribution >= 4 is 44.8 Å². The molecule has 0 aliphatic carbocycles. The molecule has 0 saturated heterocycles. The Bertz CT molecular complexity index is 470. The quantitative estimate of drug-likeness (QED) is 0.407. The zero-order valence-corrected chi connectivity index (χ0v) is 15.8. The van der Waals surface area contributed by atoms with Gasteiger partial charge < -0.3 is 9.84 Å². The Morgan fingerprint density at radius 1 is 1.38 bits per heavy atom. The summed E-state index contributed by atoms with van der Waals surface area (Å²) < 4.78 is 6.26. The first-order chi connectivity index (χ1) is 9.66. The van der Waals surface area contributed by atoms with E-state index >= 15 is 0 Å². The number of ether oxygens (including phenoxy) is 1. The number of rotatable bonds is 7. The highest BCUT2D eigenvalue weighted by Crippen LogP contribution is 2.38. The minimum Gasteiger partial charge on any atom is -0.460 e. The zero-order valence-electron chi connectivity index (χ0n) is 12.6. The monoisotopic (exact) mass is 396 g/mol. The van der Waals surface area contributed by atoms with Crippen molar-refractivity contribution in [2.75, 3.05) is 5.88 Å². The Morgan fingerprint density at radius 3 is 2.52 bits per heavy atom. The molecule has 1 N–H and O–H groups in total. The van der Waals surface area contributed by atoms with Crippen LogP contribution in [0.4, 0.5) is 0 Å². The van der Waals surface area contributed by atoms with E-state index in [1.54, 1.807) is 0 Å². The van der Waals surface area contributed by atoms with Crippen LogP contribution in [0.3, 0.4) is 0 Å². The van der Waals surface area contributed by atoms with E-state index in [1.807, 2.05) is 32.9 Å². The molecule has 120 valence electrons. The van der Waals surface area contributed by atoms with E-state index in [0.717, 1.165) is 21.5 Å². The van der Waals surface area contributed by atoms with Crippen LogP contribution in [0, 0.1) is 0 Å². The fraction of sp³-hybridized carbons (Fsp3) is 0.667. The number of hydrogen-bond donors (Lipinski definition) is 1. The second kappa shape index (κ2) is 7.95. The molecule has 1 aromatic heterocycles. The van der Waals surface area contributed by atoms with Crippen LogP contribution in [0.1, 0.15) is 51.3 Å². The zero-order chi connectivity index (χ0) is 16.1. The van der Waals surface area contributed by atoms with E-state index in [2.05, 4.69) is 15.9 Å². The maximum atomic E-state index is 12.1. The van der Waals surface area contributed by atoms with Gasteiger partial charge in [0, 0.05) is 10.8 Å². The van der Waals surface area contributed by atoms with Gasteiger partial charge in [0.05, 0.1) is 10.2 Å². The lowest BCUT2D eigenvalue weighted by Gasteiger charge is -2.28. The number of thiophene rings is 1. The van der Waals surface area contributed by atoms with Gasteiger partial charge in [-0.15, -0.1) is 22.9 Å². The largest absolute Gasteiger partial charge is 0.460 e. The fourth-order valence-electron chi connectivity index (χ4n) is 1.99. The van der Waals surface area contributed by atoms with Crippen LogP contribution in [0.2, 0.25) is 0 Å². The summed E-state index contributed by atoms with van der Waals surface area (Å²) in [6, 6.07) is 3.72. The van der Waals surface area contributed by atoms with Crippen molar-refractivity contribution in [2.24, 2.45) is 0 Å². The smallest absolute Gasteiger partial charge is 0.309 e. The van der Waals surface area contributed by atoms with Gasteiger partial charge >= 0.3 is 5.97 Å². The lowest BCUT2D eigenvalue weighted by atomic mass is 9.91. The van der Waals surface area contributed by atoms with Gasteiger partial charge in [0.15, 0.2) is 0 Å². The summed E-state index contributed by atoms with van der Waals surface area (Å²) in [7, 11) is 0. The third-order valence-corrected chi connectivity index (χ3v) is 4.95. The summed E-state index contributed by atoms with van der Waals surface area (Å²) in [5.41, 5.74) is -1.74. The normalized spacial score (nSPS) is 14.8. The molecule has 0 aliphatic rings. The van der Waals surface area contributed by atoms with Gasteiger partial charge in [0.2, 0.25) is 0 Å². The number of halogens is 2. The van der Waals surface area contributed by atoms with E-state index in [4.69, 9.17) is 16.3 Å². The highest BCUT2D eigenvalue weighted by molar-refractivity contribution is 9.11. The molecule has 0 aliphatic heterocycles. The molecule has 1 atom stereocenters. The van der Waals surface area contributed by atoms with Gasteiger partial charge in [-0.1, -0.05) is 0 Å². The first-order valence-electron chi connectivity index (χ1n) is 6.92. The maximum Gasteiger partial charge on any atom is 0.309 e. The number of hydrogen-bond acceptors (Lipinski definition) is 4. The number of carbonyl (C=O) groups excluding carboxylic acids is 1. The minimum atomic E-state index is -1.19. The molecule has 0 fully saturated rings. The molecule has 21 heavy (non-hydrogen) atoms. The Balaban J connectivity index is 2.84. The Kier molecular flexibility index (Phi) is 7.17. The topological polar surface area (TPSA) is 46.5 Å². The van der Waals surface area contributed by atoms with Crippen molar-refractivity contribution in [3.63, 3.8) is 0 Å². The minimum absolute atomic E-state index is 0.0422. The van der Waals surface area contributed by atoms with Crippen LogP contribution in [-0.4, -0.2) is 22.6 Å².